The van der Waals surface area contributed by atoms with Crippen LogP contribution in [-0.4, -0.2) is 19.5 Å². The van der Waals surface area contributed by atoms with Gasteiger partial charge < -0.3 is 4.74 Å². The van der Waals surface area contributed by atoms with E-state index in [1.807, 2.05) is 0 Å². The number of allylic oxidation sites excluding steroid dienone is 1. The summed E-state index contributed by atoms with van der Waals surface area (Å²) in [6, 6.07) is 0. The Morgan fingerprint density at radius 2 is 2.36 bits per heavy atom. The predicted octanol–water partition coefficient (Wildman–Crippen LogP) is 1.48. The van der Waals surface area contributed by atoms with E-state index < -0.39 is 0 Å². The maximum atomic E-state index is 10.9. The summed E-state index contributed by atoms with van der Waals surface area (Å²) in [5.41, 5.74) is 1.98. The summed E-state index contributed by atoms with van der Waals surface area (Å²) in [7, 11) is 1.62. The smallest absolute Gasteiger partial charge is 0.156 e. The van der Waals surface area contributed by atoms with Gasteiger partial charge in [-0.25, -0.2) is 0 Å². The average molecular weight is 152 g/mol. The first-order valence-corrected chi connectivity index (χ1v) is 3.64. The van der Waals surface area contributed by atoms with Crippen molar-refractivity contribution in [3.63, 3.8) is 0 Å². The number of ether oxygens (including phenoxy) is 1. The summed E-state index contributed by atoms with van der Waals surface area (Å²) in [6.45, 7) is 4.35. The van der Waals surface area contributed by atoms with Gasteiger partial charge in [-0.15, -0.1) is 0 Å². The van der Waals surface area contributed by atoms with Crippen molar-refractivity contribution in [3.05, 3.63) is 23.8 Å². The molecule has 2 nitrogen and oxygen atoms in total. The van der Waals surface area contributed by atoms with Gasteiger partial charge >= 0.3 is 0 Å². The lowest BCUT2D eigenvalue weighted by molar-refractivity contribution is -0.114. The summed E-state index contributed by atoms with van der Waals surface area (Å²) in [4.78, 5) is 10.9. The molecule has 1 rings (SSSR count). The van der Waals surface area contributed by atoms with Crippen LogP contribution in [0.5, 0.6) is 0 Å². The molecule has 0 aromatic heterocycles. The van der Waals surface area contributed by atoms with Crippen LogP contribution in [0.3, 0.4) is 0 Å². The van der Waals surface area contributed by atoms with Crippen molar-refractivity contribution < 1.29 is 9.53 Å². The van der Waals surface area contributed by atoms with E-state index >= 15 is 0 Å². The van der Waals surface area contributed by atoms with Crippen LogP contribution < -0.4 is 0 Å². The fourth-order valence-electron chi connectivity index (χ4n) is 1.10. The van der Waals surface area contributed by atoms with Crippen molar-refractivity contribution in [2.45, 2.75) is 12.8 Å². The van der Waals surface area contributed by atoms with Gasteiger partial charge in [-0.1, -0.05) is 6.58 Å². The molecule has 0 aliphatic heterocycles. The molecular formula is C9H12O2. The number of methoxy groups -OCH3 is 1. The third-order valence-electron chi connectivity index (χ3n) is 1.76. The van der Waals surface area contributed by atoms with Gasteiger partial charge in [-0.3, -0.25) is 4.79 Å². The summed E-state index contributed by atoms with van der Waals surface area (Å²) in [5, 5.41) is 0. The molecule has 0 atom stereocenters. The van der Waals surface area contributed by atoms with Gasteiger partial charge in [-0.2, -0.15) is 0 Å². The molecule has 0 N–H and O–H groups in total. The lowest BCUT2D eigenvalue weighted by Gasteiger charge is -2.13. The van der Waals surface area contributed by atoms with Crippen molar-refractivity contribution >= 4 is 5.78 Å². The quantitative estimate of drug-likeness (QED) is 0.599. The average Bonchev–Trinajstić information content (AvgIpc) is 1.98. The fourth-order valence-corrected chi connectivity index (χ4v) is 1.10. The van der Waals surface area contributed by atoms with Crippen LogP contribution in [0.4, 0.5) is 0 Å². The molecule has 0 spiro atoms. The molecule has 11 heavy (non-hydrogen) atoms. The zero-order valence-corrected chi connectivity index (χ0v) is 6.72. The Bertz CT molecular complexity index is 214. The van der Waals surface area contributed by atoms with Gasteiger partial charge in [0.05, 0.1) is 6.61 Å². The van der Waals surface area contributed by atoms with E-state index in [1.54, 1.807) is 13.2 Å². The Morgan fingerprint density at radius 3 is 3.00 bits per heavy atom. The van der Waals surface area contributed by atoms with Gasteiger partial charge in [-0.05, 0) is 23.6 Å². The molecule has 0 saturated heterocycles. The minimum Gasteiger partial charge on any atom is -0.380 e. The molecule has 0 saturated carbocycles. The molecular weight excluding hydrogens is 140 g/mol. The zero-order valence-electron chi connectivity index (χ0n) is 6.72. The van der Waals surface area contributed by atoms with Gasteiger partial charge in [0.25, 0.3) is 0 Å². The first kappa shape index (κ1) is 8.21. The highest BCUT2D eigenvalue weighted by molar-refractivity contribution is 5.92. The molecule has 0 radical (unpaired) electrons. The highest BCUT2D eigenvalue weighted by atomic mass is 16.5. The molecule has 0 unspecified atom stereocenters. The SMILES string of the molecule is C=C1CCC(=O)C=C1COC. The normalized spacial score (nSPS) is 18.5. The van der Waals surface area contributed by atoms with E-state index in [0.29, 0.717) is 13.0 Å². The second-order valence-corrected chi connectivity index (χ2v) is 2.67. The van der Waals surface area contributed by atoms with Crippen molar-refractivity contribution in [1.29, 1.82) is 0 Å². The Balaban J connectivity index is 2.71. The monoisotopic (exact) mass is 152 g/mol. The summed E-state index contributed by atoms with van der Waals surface area (Å²) in [6.07, 6.45) is 3.02. The van der Waals surface area contributed by atoms with E-state index in [9.17, 15) is 4.79 Å². The Labute approximate surface area is 66.5 Å². The molecule has 0 aromatic carbocycles. The largest absolute Gasteiger partial charge is 0.380 e. The lowest BCUT2D eigenvalue weighted by Crippen LogP contribution is -2.08. The molecule has 2 heteroatoms. The number of hydrogen-bond acceptors (Lipinski definition) is 2. The van der Waals surface area contributed by atoms with Crippen LogP contribution in [0.1, 0.15) is 12.8 Å². The van der Waals surface area contributed by atoms with E-state index in [1.165, 1.54) is 0 Å². The van der Waals surface area contributed by atoms with E-state index in [0.717, 1.165) is 17.6 Å². The van der Waals surface area contributed by atoms with Crippen molar-refractivity contribution in [2.24, 2.45) is 0 Å². The van der Waals surface area contributed by atoms with Crippen LogP contribution in [0.2, 0.25) is 0 Å². The molecule has 1 aliphatic rings. The first-order chi connectivity index (χ1) is 5.24. The topological polar surface area (TPSA) is 26.3 Å². The highest BCUT2D eigenvalue weighted by Crippen LogP contribution is 2.19. The van der Waals surface area contributed by atoms with Crippen LogP contribution in [0, 0.1) is 0 Å². The van der Waals surface area contributed by atoms with Gasteiger partial charge in [0, 0.05) is 13.5 Å². The number of rotatable bonds is 2. The Hall–Kier alpha value is -0.890. The Kier molecular flexibility index (Phi) is 2.60. The molecule has 0 aromatic rings. The van der Waals surface area contributed by atoms with Crippen molar-refractivity contribution in [1.82, 2.24) is 0 Å². The summed E-state index contributed by atoms with van der Waals surface area (Å²) in [5.74, 6) is 0.185. The van der Waals surface area contributed by atoms with E-state index in [2.05, 4.69) is 6.58 Å². The third kappa shape index (κ3) is 2.02. The van der Waals surface area contributed by atoms with E-state index in [-0.39, 0.29) is 5.78 Å². The maximum Gasteiger partial charge on any atom is 0.156 e. The standard InChI is InChI=1S/C9H12O2/c1-7-3-4-9(10)5-8(7)6-11-2/h5H,1,3-4,6H2,2H3. The zero-order chi connectivity index (χ0) is 8.27. The van der Waals surface area contributed by atoms with Crippen LogP contribution in [0.15, 0.2) is 23.8 Å². The minimum atomic E-state index is 0.185. The number of carbonyl (C=O) groups excluding carboxylic acids is 1. The van der Waals surface area contributed by atoms with E-state index in [4.69, 9.17) is 4.74 Å². The second kappa shape index (κ2) is 3.49. The maximum absolute atomic E-state index is 10.9. The highest BCUT2D eigenvalue weighted by Gasteiger charge is 2.12. The molecule has 0 amide bonds. The van der Waals surface area contributed by atoms with Crippen LogP contribution in [0.25, 0.3) is 0 Å². The fraction of sp³-hybridized carbons (Fsp3) is 0.444. The van der Waals surface area contributed by atoms with Gasteiger partial charge in [0.2, 0.25) is 0 Å². The molecule has 1 aliphatic carbocycles. The first-order valence-electron chi connectivity index (χ1n) is 3.64. The summed E-state index contributed by atoms with van der Waals surface area (Å²) >= 11 is 0. The minimum absolute atomic E-state index is 0.185. The number of ketones is 1. The van der Waals surface area contributed by atoms with Gasteiger partial charge in [0.1, 0.15) is 0 Å². The molecule has 60 valence electrons. The Morgan fingerprint density at radius 1 is 1.64 bits per heavy atom. The predicted molar refractivity (Wildman–Crippen MR) is 43.3 cm³/mol. The summed E-state index contributed by atoms with van der Waals surface area (Å²) < 4.78 is 4.92. The number of hydrogen-bond donors (Lipinski definition) is 0. The number of carbonyl (C=O) groups is 1. The van der Waals surface area contributed by atoms with Crippen molar-refractivity contribution in [2.75, 3.05) is 13.7 Å². The molecule has 0 fully saturated rings. The van der Waals surface area contributed by atoms with Crippen LogP contribution in [-0.2, 0) is 9.53 Å². The van der Waals surface area contributed by atoms with Crippen LogP contribution >= 0.6 is 0 Å². The van der Waals surface area contributed by atoms with Gasteiger partial charge in [0.15, 0.2) is 5.78 Å². The second-order valence-electron chi connectivity index (χ2n) is 2.67. The lowest BCUT2D eigenvalue weighted by atomic mass is 9.95. The van der Waals surface area contributed by atoms with Crippen molar-refractivity contribution in [3.8, 4) is 0 Å². The molecule has 0 heterocycles. The molecule has 0 bridgehead atoms. The third-order valence-corrected chi connectivity index (χ3v) is 1.76.